The molecule has 0 fully saturated rings. The quantitative estimate of drug-likeness (QED) is 0.870. The highest BCUT2D eigenvalue weighted by Crippen LogP contribution is 2.23. The molecular weight excluding hydrogens is 262 g/mol. The van der Waals surface area contributed by atoms with E-state index in [1.807, 2.05) is 25.1 Å². The maximum Gasteiger partial charge on any atom is 0.301 e. The first-order valence-electron chi connectivity index (χ1n) is 6.37. The van der Waals surface area contributed by atoms with Gasteiger partial charge in [0.05, 0.1) is 5.69 Å². The molecule has 0 radical (unpaired) electrons. The molecule has 0 spiro atoms. The van der Waals surface area contributed by atoms with Gasteiger partial charge >= 0.3 is 10.2 Å². The van der Waals surface area contributed by atoms with Gasteiger partial charge in [0.1, 0.15) is 0 Å². The molecule has 0 aromatic heterocycles. The summed E-state index contributed by atoms with van der Waals surface area (Å²) in [7, 11) is -0.444. The molecule has 0 bridgehead atoms. The van der Waals surface area contributed by atoms with Gasteiger partial charge in [-0.1, -0.05) is 0 Å². The first kappa shape index (κ1) is 15.8. The van der Waals surface area contributed by atoms with Crippen LogP contribution >= 0.6 is 0 Å². The minimum absolute atomic E-state index is 0.615. The van der Waals surface area contributed by atoms with Gasteiger partial charge in [0.25, 0.3) is 0 Å². The summed E-state index contributed by atoms with van der Waals surface area (Å²) in [5, 5.41) is 0. The van der Waals surface area contributed by atoms with Crippen LogP contribution in [-0.4, -0.2) is 39.9 Å². The topological polar surface area (TPSA) is 52.7 Å². The second-order valence-corrected chi connectivity index (χ2v) is 6.45. The van der Waals surface area contributed by atoms with Crippen molar-refractivity contribution < 1.29 is 8.42 Å². The molecule has 1 aromatic carbocycles. The van der Waals surface area contributed by atoms with Gasteiger partial charge in [-0.05, 0) is 44.5 Å². The van der Waals surface area contributed by atoms with Crippen molar-refractivity contribution >= 4 is 21.6 Å². The fourth-order valence-electron chi connectivity index (χ4n) is 1.78. The van der Waals surface area contributed by atoms with Crippen molar-refractivity contribution in [2.45, 2.75) is 20.8 Å². The van der Waals surface area contributed by atoms with E-state index in [-0.39, 0.29) is 0 Å². The van der Waals surface area contributed by atoms with Crippen molar-refractivity contribution in [1.29, 1.82) is 0 Å². The number of hydrogen-bond donors (Lipinski definition) is 1. The Hall–Kier alpha value is -1.27. The third kappa shape index (κ3) is 3.84. The van der Waals surface area contributed by atoms with Crippen molar-refractivity contribution in [2.24, 2.45) is 0 Å². The number of anilines is 2. The van der Waals surface area contributed by atoms with E-state index in [1.165, 1.54) is 14.1 Å². The molecule has 0 saturated heterocycles. The second kappa shape index (κ2) is 6.25. The predicted octanol–water partition coefficient (Wildman–Crippen LogP) is 2.06. The number of aryl methyl sites for hydroxylation is 1. The van der Waals surface area contributed by atoms with Crippen LogP contribution in [0.3, 0.4) is 0 Å². The van der Waals surface area contributed by atoms with Crippen molar-refractivity contribution in [2.75, 3.05) is 36.8 Å². The molecule has 1 N–H and O–H groups in total. The number of nitrogens with zero attached hydrogens (tertiary/aromatic N) is 2. The number of benzene rings is 1. The lowest BCUT2D eigenvalue weighted by atomic mass is 10.1. The van der Waals surface area contributed by atoms with Crippen LogP contribution in [0.4, 0.5) is 11.4 Å². The SMILES string of the molecule is CCN(CC)c1ccc(NS(=O)(=O)N(C)C)c(C)c1. The summed E-state index contributed by atoms with van der Waals surface area (Å²) in [6, 6.07) is 5.75. The van der Waals surface area contributed by atoms with Crippen LogP contribution in [0, 0.1) is 6.92 Å². The Morgan fingerprint density at radius 3 is 2.16 bits per heavy atom. The summed E-state index contributed by atoms with van der Waals surface area (Å²) in [5.74, 6) is 0. The van der Waals surface area contributed by atoms with E-state index in [9.17, 15) is 8.42 Å². The lowest BCUT2D eigenvalue weighted by Gasteiger charge is -2.22. The lowest BCUT2D eigenvalue weighted by Crippen LogP contribution is -2.29. The molecule has 0 aliphatic rings. The largest absolute Gasteiger partial charge is 0.372 e. The van der Waals surface area contributed by atoms with Gasteiger partial charge in [0, 0.05) is 32.9 Å². The number of nitrogens with one attached hydrogen (secondary N) is 1. The molecule has 0 amide bonds. The van der Waals surface area contributed by atoms with Crippen LogP contribution in [0.2, 0.25) is 0 Å². The second-order valence-electron chi connectivity index (χ2n) is 4.56. The van der Waals surface area contributed by atoms with E-state index in [2.05, 4.69) is 23.5 Å². The van der Waals surface area contributed by atoms with Crippen LogP contribution in [0.5, 0.6) is 0 Å². The molecular formula is C13H23N3O2S. The van der Waals surface area contributed by atoms with Crippen LogP contribution in [0.25, 0.3) is 0 Å². The summed E-state index contributed by atoms with van der Waals surface area (Å²) >= 11 is 0. The van der Waals surface area contributed by atoms with Gasteiger partial charge < -0.3 is 4.90 Å². The maximum atomic E-state index is 11.8. The predicted molar refractivity (Wildman–Crippen MR) is 81.0 cm³/mol. The Morgan fingerprint density at radius 1 is 1.16 bits per heavy atom. The van der Waals surface area contributed by atoms with Crippen LogP contribution in [-0.2, 0) is 10.2 Å². The molecule has 108 valence electrons. The standard InChI is InChI=1S/C13H23N3O2S/c1-6-16(7-2)12-8-9-13(11(3)10-12)14-19(17,18)15(4)5/h8-10,14H,6-7H2,1-5H3. The van der Waals surface area contributed by atoms with Crippen molar-refractivity contribution in [1.82, 2.24) is 4.31 Å². The molecule has 1 aromatic rings. The third-order valence-electron chi connectivity index (χ3n) is 3.06. The van der Waals surface area contributed by atoms with Gasteiger partial charge in [-0.25, -0.2) is 0 Å². The average Bonchev–Trinajstić information content (AvgIpc) is 2.33. The summed E-state index contributed by atoms with van der Waals surface area (Å²) in [5.41, 5.74) is 2.63. The minimum atomic E-state index is -3.45. The van der Waals surface area contributed by atoms with Crippen molar-refractivity contribution in [3.05, 3.63) is 23.8 Å². The monoisotopic (exact) mass is 285 g/mol. The van der Waals surface area contributed by atoms with Gasteiger partial charge in [0.15, 0.2) is 0 Å². The molecule has 6 heteroatoms. The summed E-state index contributed by atoms with van der Waals surface area (Å²) in [6.45, 7) is 7.96. The van der Waals surface area contributed by atoms with E-state index >= 15 is 0 Å². The van der Waals surface area contributed by atoms with E-state index in [0.29, 0.717) is 5.69 Å². The average molecular weight is 285 g/mol. The lowest BCUT2D eigenvalue weighted by molar-refractivity contribution is 0.527. The van der Waals surface area contributed by atoms with Crippen LogP contribution in [0.15, 0.2) is 18.2 Å². The Balaban J connectivity index is 3.02. The zero-order valence-corrected chi connectivity index (χ0v) is 13.1. The molecule has 0 aliphatic heterocycles. The highest BCUT2D eigenvalue weighted by molar-refractivity contribution is 7.90. The fourth-order valence-corrected chi connectivity index (χ4v) is 2.47. The smallest absolute Gasteiger partial charge is 0.301 e. The summed E-state index contributed by atoms with van der Waals surface area (Å²) in [4.78, 5) is 2.22. The number of rotatable bonds is 6. The molecule has 0 heterocycles. The maximum absolute atomic E-state index is 11.8. The van der Waals surface area contributed by atoms with Gasteiger partial charge in [0.2, 0.25) is 0 Å². The Kier molecular flexibility index (Phi) is 5.20. The molecule has 0 atom stereocenters. The normalized spacial score (nSPS) is 11.7. The number of hydrogen-bond acceptors (Lipinski definition) is 3. The van der Waals surface area contributed by atoms with Crippen LogP contribution in [0.1, 0.15) is 19.4 Å². The van der Waals surface area contributed by atoms with Crippen molar-refractivity contribution in [3.8, 4) is 0 Å². The zero-order valence-electron chi connectivity index (χ0n) is 12.3. The third-order valence-corrected chi connectivity index (χ3v) is 4.50. The Bertz CT molecular complexity index is 523. The van der Waals surface area contributed by atoms with Gasteiger partial charge in [-0.3, -0.25) is 4.72 Å². The molecule has 0 aliphatic carbocycles. The van der Waals surface area contributed by atoms with Crippen molar-refractivity contribution in [3.63, 3.8) is 0 Å². The molecule has 5 nitrogen and oxygen atoms in total. The van der Waals surface area contributed by atoms with Gasteiger partial charge in [-0.15, -0.1) is 0 Å². The molecule has 0 saturated carbocycles. The van der Waals surface area contributed by atoms with E-state index in [4.69, 9.17) is 0 Å². The minimum Gasteiger partial charge on any atom is -0.372 e. The van der Waals surface area contributed by atoms with Crippen LogP contribution < -0.4 is 9.62 Å². The van der Waals surface area contributed by atoms with Gasteiger partial charge in [-0.2, -0.15) is 12.7 Å². The first-order chi connectivity index (χ1) is 8.81. The molecule has 0 unspecified atom stereocenters. The first-order valence-corrected chi connectivity index (χ1v) is 7.81. The Labute approximate surface area is 116 Å². The summed E-state index contributed by atoms with van der Waals surface area (Å²) < 4.78 is 27.3. The van der Waals surface area contributed by atoms with E-state index in [1.54, 1.807) is 0 Å². The summed E-state index contributed by atoms with van der Waals surface area (Å²) in [6.07, 6.45) is 0. The Morgan fingerprint density at radius 2 is 1.74 bits per heavy atom. The van der Waals surface area contributed by atoms with E-state index in [0.717, 1.165) is 28.6 Å². The van der Waals surface area contributed by atoms with E-state index < -0.39 is 10.2 Å². The fraction of sp³-hybridized carbons (Fsp3) is 0.538. The highest BCUT2D eigenvalue weighted by Gasteiger charge is 2.14. The molecule has 19 heavy (non-hydrogen) atoms. The highest BCUT2D eigenvalue weighted by atomic mass is 32.2. The molecule has 1 rings (SSSR count). The zero-order chi connectivity index (χ0) is 14.6.